The molecule has 26 heavy (non-hydrogen) atoms. The van der Waals surface area contributed by atoms with Crippen LogP contribution in [0.4, 0.5) is 5.82 Å². The summed E-state index contributed by atoms with van der Waals surface area (Å²) in [5, 5.41) is 7.39. The van der Waals surface area contributed by atoms with Crippen LogP contribution in [-0.2, 0) is 16.1 Å². The second-order valence-electron chi connectivity index (χ2n) is 6.88. The van der Waals surface area contributed by atoms with Gasteiger partial charge in [0.15, 0.2) is 0 Å². The van der Waals surface area contributed by atoms with Gasteiger partial charge in [-0.3, -0.25) is 14.5 Å². The van der Waals surface area contributed by atoms with Crippen molar-refractivity contribution in [2.75, 3.05) is 18.0 Å². The zero-order valence-corrected chi connectivity index (χ0v) is 15.4. The van der Waals surface area contributed by atoms with Crippen LogP contribution < -0.4 is 10.2 Å². The van der Waals surface area contributed by atoms with E-state index in [4.69, 9.17) is 0 Å². The van der Waals surface area contributed by atoms with Crippen LogP contribution in [0.3, 0.4) is 0 Å². The van der Waals surface area contributed by atoms with Gasteiger partial charge in [0.25, 0.3) is 0 Å². The van der Waals surface area contributed by atoms with Crippen molar-refractivity contribution < 1.29 is 9.59 Å². The quantitative estimate of drug-likeness (QED) is 0.831. The zero-order chi connectivity index (χ0) is 18.5. The molecule has 0 radical (unpaired) electrons. The van der Waals surface area contributed by atoms with Crippen molar-refractivity contribution >= 4 is 17.6 Å². The van der Waals surface area contributed by atoms with E-state index in [-0.39, 0.29) is 17.7 Å². The highest BCUT2D eigenvalue weighted by Crippen LogP contribution is 2.22. The normalized spacial score (nSPS) is 14.8. The van der Waals surface area contributed by atoms with Crippen molar-refractivity contribution in [3.8, 4) is 0 Å². The van der Waals surface area contributed by atoms with Crippen LogP contribution in [-0.4, -0.2) is 34.7 Å². The third-order valence-corrected chi connectivity index (χ3v) is 4.76. The fraction of sp³-hybridized carbons (Fsp3) is 0.450. The SMILES string of the molecule is Cc1cc2n(n1)CCC(=O)N2CCCC(=O)NCC(C)c1ccccc1. The summed E-state index contributed by atoms with van der Waals surface area (Å²) in [4.78, 5) is 26.1. The summed E-state index contributed by atoms with van der Waals surface area (Å²) in [7, 11) is 0. The third-order valence-electron chi connectivity index (χ3n) is 4.76. The number of aryl methyl sites for hydroxylation is 2. The standard InChI is InChI=1S/C20H26N4O2/c1-15(17-7-4-3-5-8-17)14-21-18(25)9-6-11-23-19-13-16(2)22-24(19)12-10-20(23)26/h3-5,7-8,13,15H,6,9-12,14H2,1-2H3,(H,21,25). The number of carbonyl (C=O) groups is 2. The average molecular weight is 354 g/mol. The van der Waals surface area contributed by atoms with Crippen molar-refractivity contribution in [2.24, 2.45) is 0 Å². The largest absolute Gasteiger partial charge is 0.356 e. The summed E-state index contributed by atoms with van der Waals surface area (Å²) >= 11 is 0. The minimum Gasteiger partial charge on any atom is -0.356 e. The number of hydrogen-bond acceptors (Lipinski definition) is 3. The first-order valence-electron chi connectivity index (χ1n) is 9.21. The van der Waals surface area contributed by atoms with E-state index >= 15 is 0 Å². The lowest BCUT2D eigenvalue weighted by atomic mass is 10.0. The van der Waals surface area contributed by atoms with Crippen LogP contribution in [0.1, 0.15) is 43.4 Å². The van der Waals surface area contributed by atoms with E-state index in [9.17, 15) is 9.59 Å². The van der Waals surface area contributed by atoms with Gasteiger partial charge < -0.3 is 5.32 Å². The van der Waals surface area contributed by atoms with Crippen LogP contribution in [0.25, 0.3) is 0 Å². The number of nitrogens with zero attached hydrogens (tertiary/aromatic N) is 3. The van der Waals surface area contributed by atoms with E-state index in [1.807, 2.05) is 35.9 Å². The van der Waals surface area contributed by atoms with E-state index in [2.05, 4.69) is 29.5 Å². The summed E-state index contributed by atoms with van der Waals surface area (Å²) in [6.07, 6.45) is 1.52. The molecule has 0 saturated carbocycles. The van der Waals surface area contributed by atoms with Gasteiger partial charge in [0.05, 0.1) is 12.2 Å². The Bertz CT molecular complexity index is 769. The van der Waals surface area contributed by atoms with Gasteiger partial charge in [-0.2, -0.15) is 5.10 Å². The fourth-order valence-corrected chi connectivity index (χ4v) is 3.27. The lowest BCUT2D eigenvalue weighted by Gasteiger charge is -2.27. The maximum atomic E-state index is 12.2. The van der Waals surface area contributed by atoms with Crippen molar-refractivity contribution in [3.63, 3.8) is 0 Å². The molecule has 0 fully saturated rings. The van der Waals surface area contributed by atoms with Gasteiger partial charge in [-0.15, -0.1) is 0 Å². The van der Waals surface area contributed by atoms with E-state index in [0.717, 1.165) is 11.5 Å². The molecule has 0 spiro atoms. The third kappa shape index (κ3) is 4.31. The first-order chi connectivity index (χ1) is 12.5. The van der Waals surface area contributed by atoms with Gasteiger partial charge in [-0.1, -0.05) is 37.3 Å². The molecule has 6 nitrogen and oxygen atoms in total. The van der Waals surface area contributed by atoms with Crippen LogP contribution in [0.15, 0.2) is 36.4 Å². The maximum Gasteiger partial charge on any atom is 0.229 e. The van der Waals surface area contributed by atoms with E-state index in [0.29, 0.717) is 38.9 Å². The fourth-order valence-electron chi connectivity index (χ4n) is 3.27. The highest BCUT2D eigenvalue weighted by Gasteiger charge is 2.25. The predicted molar refractivity (Wildman–Crippen MR) is 101 cm³/mol. The molecule has 1 aliphatic heterocycles. The zero-order valence-electron chi connectivity index (χ0n) is 15.4. The summed E-state index contributed by atoms with van der Waals surface area (Å²) in [5.41, 5.74) is 2.13. The second kappa shape index (κ2) is 8.17. The first-order valence-corrected chi connectivity index (χ1v) is 9.21. The van der Waals surface area contributed by atoms with E-state index in [1.54, 1.807) is 4.90 Å². The minimum atomic E-state index is 0.0296. The highest BCUT2D eigenvalue weighted by molar-refractivity contribution is 5.93. The number of carbonyl (C=O) groups excluding carboxylic acids is 2. The van der Waals surface area contributed by atoms with Gasteiger partial charge in [-0.25, -0.2) is 4.68 Å². The Balaban J connectivity index is 1.44. The van der Waals surface area contributed by atoms with Gasteiger partial charge >= 0.3 is 0 Å². The Morgan fingerprint density at radius 1 is 1.31 bits per heavy atom. The van der Waals surface area contributed by atoms with E-state index in [1.165, 1.54) is 5.56 Å². The average Bonchev–Trinajstić information content (AvgIpc) is 3.03. The molecule has 3 rings (SSSR count). The Hall–Kier alpha value is -2.63. The van der Waals surface area contributed by atoms with Crippen molar-refractivity contribution in [1.29, 1.82) is 0 Å². The first kappa shape index (κ1) is 18.2. The van der Waals surface area contributed by atoms with Crippen molar-refractivity contribution in [2.45, 2.75) is 45.6 Å². The molecule has 6 heteroatoms. The number of amides is 2. The lowest BCUT2D eigenvalue weighted by Crippen LogP contribution is -2.38. The molecule has 138 valence electrons. The maximum absolute atomic E-state index is 12.2. The monoisotopic (exact) mass is 354 g/mol. The van der Waals surface area contributed by atoms with Crippen LogP contribution in [0, 0.1) is 6.92 Å². The van der Waals surface area contributed by atoms with Crippen molar-refractivity contribution in [3.05, 3.63) is 47.7 Å². The lowest BCUT2D eigenvalue weighted by molar-refractivity contribution is -0.122. The summed E-state index contributed by atoms with van der Waals surface area (Å²) in [5.74, 6) is 1.26. The van der Waals surface area contributed by atoms with Gasteiger partial charge in [0.1, 0.15) is 5.82 Å². The molecule has 1 aromatic heterocycles. The Labute approximate surface area is 154 Å². The number of anilines is 1. The highest BCUT2D eigenvalue weighted by atomic mass is 16.2. The molecule has 0 bridgehead atoms. The molecule has 2 amide bonds. The molecule has 1 aromatic carbocycles. The molecule has 2 heterocycles. The molecule has 0 saturated heterocycles. The van der Waals surface area contributed by atoms with Crippen molar-refractivity contribution in [1.82, 2.24) is 15.1 Å². The predicted octanol–water partition coefficient (Wildman–Crippen LogP) is 2.63. The number of nitrogens with one attached hydrogen (secondary N) is 1. The van der Waals surface area contributed by atoms with Gasteiger partial charge in [-0.05, 0) is 24.8 Å². The van der Waals surface area contributed by atoms with Gasteiger partial charge in [0.2, 0.25) is 11.8 Å². The van der Waals surface area contributed by atoms with Crippen LogP contribution in [0.2, 0.25) is 0 Å². The van der Waals surface area contributed by atoms with Gasteiger partial charge in [0, 0.05) is 32.0 Å². The minimum absolute atomic E-state index is 0.0296. The number of benzene rings is 1. The summed E-state index contributed by atoms with van der Waals surface area (Å²) in [6.45, 7) is 5.83. The summed E-state index contributed by atoms with van der Waals surface area (Å²) in [6, 6.07) is 12.1. The number of rotatable bonds is 7. The molecule has 1 N–H and O–H groups in total. The Morgan fingerprint density at radius 3 is 2.85 bits per heavy atom. The van der Waals surface area contributed by atoms with Crippen LogP contribution in [0.5, 0.6) is 0 Å². The molecular formula is C20H26N4O2. The topological polar surface area (TPSA) is 67.2 Å². The molecular weight excluding hydrogens is 328 g/mol. The summed E-state index contributed by atoms with van der Waals surface area (Å²) < 4.78 is 1.87. The second-order valence-corrected chi connectivity index (χ2v) is 6.88. The molecule has 0 aliphatic carbocycles. The Kier molecular flexibility index (Phi) is 5.71. The number of fused-ring (bicyclic) bond motifs is 1. The van der Waals surface area contributed by atoms with Crippen LogP contribution >= 0.6 is 0 Å². The van der Waals surface area contributed by atoms with E-state index < -0.39 is 0 Å². The molecule has 1 unspecified atom stereocenters. The Morgan fingerprint density at radius 2 is 2.08 bits per heavy atom. The molecule has 1 aliphatic rings. The number of hydrogen-bond donors (Lipinski definition) is 1. The number of aromatic nitrogens is 2. The molecule has 2 aromatic rings. The molecule has 1 atom stereocenters. The smallest absolute Gasteiger partial charge is 0.229 e.